The highest BCUT2D eigenvalue weighted by Gasteiger charge is 2.06. The predicted molar refractivity (Wildman–Crippen MR) is 90.9 cm³/mol. The molecular weight excluding hydrogens is 260 g/mol. The maximum atomic E-state index is 5.91. The lowest BCUT2D eigenvalue weighted by molar-refractivity contribution is 1.22. The molecule has 2 rings (SSSR count). The number of azo groups is 1. The fourth-order valence-electron chi connectivity index (χ4n) is 1.91. The summed E-state index contributed by atoms with van der Waals surface area (Å²) in [6.45, 7) is 11.0. The highest BCUT2D eigenvalue weighted by atomic mass is 15.1. The molecule has 4 heteroatoms. The third kappa shape index (κ3) is 3.12. The molecule has 104 valence electrons. The molecule has 0 saturated heterocycles. The fraction of sp³-hybridized carbons (Fsp3) is 0. The Morgan fingerprint density at radius 3 is 2.00 bits per heavy atom. The van der Waals surface area contributed by atoms with Gasteiger partial charge in [-0.15, -0.1) is 5.11 Å². The number of benzene rings is 2. The lowest BCUT2D eigenvalue weighted by atomic mass is 10.0. The molecular formula is C17H16N4. The molecule has 2 aromatic carbocycles. The minimum atomic E-state index is 0.639. The molecule has 0 saturated carbocycles. The van der Waals surface area contributed by atoms with E-state index in [4.69, 9.17) is 5.73 Å². The number of nitrogens with two attached hydrogens (primary N) is 1. The van der Waals surface area contributed by atoms with E-state index in [-0.39, 0.29) is 0 Å². The number of nitrogen functional groups attached to an aromatic ring is 1. The first-order chi connectivity index (χ1) is 10.2. The minimum Gasteiger partial charge on any atom is -0.398 e. The minimum absolute atomic E-state index is 0.639. The van der Waals surface area contributed by atoms with Crippen LogP contribution < -0.4 is 5.73 Å². The zero-order valence-electron chi connectivity index (χ0n) is 11.7. The van der Waals surface area contributed by atoms with Crippen LogP contribution in [0.3, 0.4) is 0 Å². The van der Waals surface area contributed by atoms with Crippen LogP contribution >= 0.6 is 0 Å². The number of aliphatic imine (C=N–C) groups is 1. The number of hydrogen-bond acceptors (Lipinski definition) is 4. The molecule has 0 aliphatic carbocycles. The monoisotopic (exact) mass is 276 g/mol. The summed E-state index contributed by atoms with van der Waals surface area (Å²) >= 11 is 0. The van der Waals surface area contributed by atoms with Gasteiger partial charge in [0.1, 0.15) is 0 Å². The molecule has 2 N–H and O–H groups in total. The Labute approximate surface area is 124 Å². The summed E-state index contributed by atoms with van der Waals surface area (Å²) in [5, 5.41) is 8.46. The maximum Gasteiger partial charge on any atom is 0.0936 e. The van der Waals surface area contributed by atoms with Gasteiger partial charge in [0.05, 0.1) is 17.1 Å². The van der Waals surface area contributed by atoms with Crippen LogP contribution in [0.2, 0.25) is 0 Å². The Morgan fingerprint density at radius 2 is 1.43 bits per heavy atom. The average Bonchev–Trinajstić information content (AvgIpc) is 2.53. The summed E-state index contributed by atoms with van der Waals surface area (Å²) in [6.07, 6.45) is 3.39. The highest BCUT2D eigenvalue weighted by Crippen LogP contribution is 2.31. The van der Waals surface area contributed by atoms with Crippen LogP contribution in [0, 0.1) is 0 Å². The first-order valence-corrected chi connectivity index (χ1v) is 6.35. The normalized spacial score (nSPS) is 10.5. The zero-order valence-corrected chi connectivity index (χ0v) is 11.7. The Balaban J connectivity index is 2.38. The van der Waals surface area contributed by atoms with E-state index in [9.17, 15) is 0 Å². The van der Waals surface area contributed by atoms with Crippen molar-refractivity contribution in [3.8, 4) is 0 Å². The molecule has 0 radical (unpaired) electrons. The van der Waals surface area contributed by atoms with Crippen molar-refractivity contribution in [1.82, 2.24) is 0 Å². The molecule has 0 unspecified atom stereocenters. The van der Waals surface area contributed by atoms with E-state index in [1.165, 1.54) is 0 Å². The second-order valence-corrected chi connectivity index (χ2v) is 4.28. The largest absolute Gasteiger partial charge is 0.398 e. The molecule has 0 aromatic heterocycles. The first kappa shape index (κ1) is 14.4. The van der Waals surface area contributed by atoms with Crippen LogP contribution in [0.4, 0.5) is 22.7 Å². The molecule has 4 nitrogen and oxygen atoms in total. The number of hydrogen-bond donors (Lipinski definition) is 1. The molecule has 0 amide bonds. The topological polar surface area (TPSA) is 63.1 Å². The van der Waals surface area contributed by atoms with Crippen molar-refractivity contribution in [3.63, 3.8) is 0 Å². The Kier molecular flexibility index (Phi) is 4.41. The van der Waals surface area contributed by atoms with Crippen molar-refractivity contribution in [3.05, 3.63) is 60.7 Å². The first-order valence-electron chi connectivity index (χ1n) is 6.35. The van der Waals surface area contributed by atoms with E-state index in [1.807, 2.05) is 30.3 Å². The number of nitrogens with zero attached hydrogens (tertiary/aromatic N) is 3. The van der Waals surface area contributed by atoms with Gasteiger partial charge in [0, 0.05) is 16.8 Å². The fourth-order valence-corrected chi connectivity index (χ4v) is 1.91. The van der Waals surface area contributed by atoms with E-state index in [2.05, 4.69) is 35.1 Å². The van der Waals surface area contributed by atoms with Gasteiger partial charge in [0.25, 0.3) is 0 Å². The molecule has 0 aliphatic rings. The van der Waals surface area contributed by atoms with Gasteiger partial charge in [0.2, 0.25) is 0 Å². The summed E-state index contributed by atoms with van der Waals surface area (Å²) in [4.78, 5) is 3.83. The quantitative estimate of drug-likeness (QED) is 0.449. The van der Waals surface area contributed by atoms with Gasteiger partial charge in [-0.2, -0.15) is 5.11 Å². The molecule has 2 aromatic rings. The van der Waals surface area contributed by atoms with Crippen LogP contribution in [-0.2, 0) is 0 Å². The molecule has 0 atom stereocenters. The van der Waals surface area contributed by atoms with Crippen molar-refractivity contribution in [1.29, 1.82) is 0 Å². The van der Waals surface area contributed by atoms with Crippen molar-refractivity contribution in [2.24, 2.45) is 15.2 Å². The SMILES string of the molecule is C=Cc1c(N)ccc(N=Nc2ccc(N=C)cc2)c1C=C. The van der Waals surface area contributed by atoms with Gasteiger partial charge in [-0.3, -0.25) is 4.99 Å². The molecule has 0 fully saturated rings. The van der Waals surface area contributed by atoms with E-state index >= 15 is 0 Å². The molecule has 0 bridgehead atoms. The summed E-state index contributed by atoms with van der Waals surface area (Å²) < 4.78 is 0. The summed E-state index contributed by atoms with van der Waals surface area (Å²) in [5.74, 6) is 0. The van der Waals surface area contributed by atoms with Gasteiger partial charge in [-0.25, -0.2) is 0 Å². The smallest absolute Gasteiger partial charge is 0.0936 e. The van der Waals surface area contributed by atoms with E-state index in [1.54, 1.807) is 18.2 Å². The van der Waals surface area contributed by atoms with Gasteiger partial charge in [-0.05, 0) is 43.1 Å². The van der Waals surface area contributed by atoms with Gasteiger partial charge in [0.15, 0.2) is 0 Å². The van der Waals surface area contributed by atoms with Gasteiger partial charge in [-0.1, -0.05) is 25.3 Å². The summed E-state index contributed by atoms with van der Waals surface area (Å²) in [6, 6.07) is 10.9. The summed E-state index contributed by atoms with van der Waals surface area (Å²) in [5.41, 5.74) is 10.4. The predicted octanol–water partition coefficient (Wildman–Crippen LogP) is 5.30. The zero-order chi connectivity index (χ0) is 15.2. The lowest BCUT2D eigenvalue weighted by Gasteiger charge is -2.07. The Hall–Kier alpha value is -3.01. The van der Waals surface area contributed by atoms with E-state index in [0.717, 1.165) is 22.5 Å². The Morgan fingerprint density at radius 1 is 0.810 bits per heavy atom. The van der Waals surface area contributed by atoms with Crippen LogP contribution in [-0.4, -0.2) is 6.72 Å². The molecule has 0 heterocycles. The number of anilines is 1. The molecule has 21 heavy (non-hydrogen) atoms. The van der Waals surface area contributed by atoms with E-state index in [0.29, 0.717) is 11.4 Å². The highest BCUT2D eigenvalue weighted by molar-refractivity contribution is 5.80. The van der Waals surface area contributed by atoms with Crippen LogP contribution in [0.1, 0.15) is 11.1 Å². The summed E-state index contributed by atoms with van der Waals surface area (Å²) in [7, 11) is 0. The standard InChI is InChI=1S/C17H16N4/c1-4-14-15(5-2)17(11-10-16(14)18)21-20-13-8-6-12(19-3)7-9-13/h4-11H,1-3,18H2. The second kappa shape index (κ2) is 6.43. The van der Waals surface area contributed by atoms with Gasteiger partial charge >= 0.3 is 0 Å². The van der Waals surface area contributed by atoms with Crippen LogP contribution in [0.25, 0.3) is 12.2 Å². The third-order valence-corrected chi connectivity index (χ3v) is 3.01. The maximum absolute atomic E-state index is 5.91. The Bertz CT molecular complexity index is 712. The van der Waals surface area contributed by atoms with Crippen LogP contribution in [0.5, 0.6) is 0 Å². The lowest BCUT2D eigenvalue weighted by Crippen LogP contribution is -1.92. The van der Waals surface area contributed by atoms with Crippen molar-refractivity contribution < 1.29 is 0 Å². The second-order valence-electron chi connectivity index (χ2n) is 4.28. The molecule has 0 spiro atoms. The van der Waals surface area contributed by atoms with Crippen LogP contribution in [0.15, 0.2) is 64.8 Å². The van der Waals surface area contributed by atoms with Crippen molar-refractivity contribution in [2.75, 3.05) is 5.73 Å². The number of rotatable bonds is 5. The van der Waals surface area contributed by atoms with E-state index < -0.39 is 0 Å². The average molecular weight is 276 g/mol. The van der Waals surface area contributed by atoms with Gasteiger partial charge < -0.3 is 5.73 Å². The third-order valence-electron chi connectivity index (χ3n) is 3.01. The van der Waals surface area contributed by atoms with Crippen molar-refractivity contribution in [2.45, 2.75) is 0 Å². The molecule has 0 aliphatic heterocycles. The van der Waals surface area contributed by atoms with Crippen molar-refractivity contribution >= 4 is 41.6 Å².